The third kappa shape index (κ3) is 5.05. The average molecular weight is 425 g/mol. The van der Waals surface area contributed by atoms with Crippen LogP contribution >= 0.6 is 0 Å². The number of aromatic nitrogens is 2. The molecule has 1 amide bonds. The molecule has 0 radical (unpaired) electrons. The van der Waals surface area contributed by atoms with Crippen molar-refractivity contribution < 1.29 is 14.3 Å². The lowest BCUT2D eigenvalue weighted by Gasteiger charge is -2.32. The number of hydrogen-bond acceptors (Lipinski definition) is 6. The number of amides is 1. The van der Waals surface area contributed by atoms with E-state index in [4.69, 9.17) is 19.4 Å². The Labute approximate surface area is 184 Å². The maximum absolute atomic E-state index is 12.8. The van der Waals surface area contributed by atoms with Crippen LogP contribution in [0.1, 0.15) is 41.9 Å². The molecule has 7 nitrogen and oxygen atoms in total. The lowest BCUT2D eigenvalue weighted by Crippen LogP contribution is -2.39. The predicted octanol–water partition coefficient (Wildman–Crippen LogP) is 2.93. The van der Waals surface area contributed by atoms with Gasteiger partial charge in [-0.2, -0.15) is 0 Å². The molecule has 1 aromatic heterocycles. The number of carbonyl (C=O) groups is 1. The highest BCUT2D eigenvalue weighted by Crippen LogP contribution is 2.29. The van der Waals surface area contributed by atoms with Crippen molar-refractivity contribution in [3.8, 4) is 5.75 Å². The van der Waals surface area contributed by atoms with Crippen LogP contribution in [0, 0.1) is 6.92 Å². The minimum absolute atomic E-state index is 0.136. The first-order valence-corrected chi connectivity index (χ1v) is 11.1. The van der Waals surface area contributed by atoms with Gasteiger partial charge in [0.05, 0.1) is 13.7 Å². The molecule has 0 aliphatic carbocycles. The van der Waals surface area contributed by atoms with E-state index in [1.54, 1.807) is 7.11 Å². The largest absolute Gasteiger partial charge is 0.497 e. The molecule has 1 saturated heterocycles. The highest BCUT2D eigenvalue weighted by molar-refractivity contribution is 5.95. The van der Waals surface area contributed by atoms with Crippen LogP contribution < -0.4 is 9.64 Å². The quantitative estimate of drug-likeness (QED) is 0.681. The Balaban J connectivity index is 1.53. The third-order valence-electron chi connectivity index (χ3n) is 6.35. The lowest BCUT2D eigenvalue weighted by molar-refractivity contribution is -0.118. The number of hydrogen-bond donors (Lipinski definition) is 0. The van der Waals surface area contributed by atoms with E-state index in [0.717, 1.165) is 66.7 Å². The molecule has 2 aliphatic heterocycles. The molecule has 1 aromatic carbocycles. The second-order valence-corrected chi connectivity index (χ2v) is 8.43. The molecule has 7 heteroatoms. The van der Waals surface area contributed by atoms with Crippen molar-refractivity contribution in [2.24, 2.45) is 0 Å². The van der Waals surface area contributed by atoms with Gasteiger partial charge in [0.1, 0.15) is 17.4 Å². The molecular weight excluding hydrogens is 392 g/mol. The molecule has 3 heterocycles. The van der Waals surface area contributed by atoms with Gasteiger partial charge in [-0.05, 0) is 57.4 Å². The van der Waals surface area contributed by atoms with Gasteiger partial charge in [-0.15, -0.1) is 0 Å². The number of anilines is 1. The number of fused-ring (bicyclic) bond motifs is 1. The molecule has 0 bridgehead atoms. The number of nitrogens with zero attached hydrogens (tertiary/aromatic N) is 4. The van der Waals surface area contributed by atoms with Gasteiger partial charge in [0, 0.05) is 43.5 Å². The Bertz CT molecular complexity index is 927. The zero-order chi connectivity index (χ0) is 21.8. The highest BCUT2D eigenvalue weighted by atomic mass is 16.5. The van der Waals surface area contributed by atoms with E-state index < -0.39 is 0 Å². The SMILES string of the molecule is COc1cccc(CCN2C(=O)CCc3c(C)nc(CN(C)C4CCOCC4)nc32)c1. The van der Waals surface area contributed by atoms with Crippen LogP contribution in [-0.4, -0.2) is 60.7 Å². The summed E-state index contributed by atoms with van der Waals surface area (Å²) < 4.78 is 10.8. The Morgan fingerprint density at radius 1 is 1.23 bits per heavy atom. The Hall–Kier alpha value is -2.51. The summed E-state index contributed by atoms with van der Waals surface area (Å²) in [5.74, 6) is 2.55. The van der Waals surface area contributed by atoms with Crippen LogP contribution in [0.25, 0.3) is 0 Å². The molecule has 0 N–H and O–H groups in total. The lowest BCUT2D eigenvalue weighted by atomic mass is 10.0. The standard InChI is InChI=1S/C24H32N4O3/c1-17-21-7-8-23(29)28(12-9-18-5-4-6-20(15-18)30-3)24(21)26-22(25-17)16-27(2)19-10-13-31-14-11-19/h4-6,15,19H,7-14,16H2,1-3H3. The number of ether oxygens (including phenoxy) is 2. The van der Waals surface area contributed by atoms with Gasteiger partial charge in [-0.3, -0.25) is 14.6 Å². The Morgan fingerprint density at radius 2 is 2.03 bits per heavy atom. The van der Waals surface area contributed by atoms with E-state index in [1.165, 1.54) is 0 Å². The molecule has 0 unspecified atom stereocenters. The van der Waals surface area contributed by atoms with E-state index in [2.05, 4.69) is 18.0 Å². The number of aryl methyl sites for hydroxylation is 1. The van der Waals surface area contributed by atoms with Gasteiger partial charge in [-0.25, -0.2) is 9.97 Å². The normalized spacial score (nSPS) is 17.2. The molecule has 0 atom stereocenters. The highest BCUT2D eigenvalue weighted by Gasteiger charge is 2.28. The zero-order valence-corrected chi connectivity index (χ0v) is 18.8. The van der Waals surface area contributed by atoms with E-state index in [9.17, 15) is 4.79 Å². The van der Waals surface area contributed by atoms with E-state index >= 15 is 0 Å². The van der Waals surface area contributed by atoms with Crippen molar-refractivity contribution in [1.29, 1.82) is 0 Å². The molecule has 0 saturated carbocycles. The Kier molecular flexibility index (Phi) is 6.83. The molecule has 31 heavy (non-hydrogen) atoms. The summed E-state index contributed by atoms with van der Waals surface area (Å²) in [7, 11) is 3.79. The predicted molar refractivity (Wildman–Crippen MR) is 119 cm³/mol. The number of carbonyl (C=O) groups excluding carboxylic acids is 1. The van der Waals surface area contributed by atoms with Gasteiger partial charge in [0.2, 0.25) is 5.91 Å². The van der Waals surface area contributed by atoms with Crippen molar-refractivity contribution in [3.63, 3.8) is 0 Å². The fourth-order valence-electron chi connectivity index (χ4n) is 4.49. The monoisotopic (exact) mass is 424 g/mol. The average Bonchev–Trinajstić information content (AvgIpc) is 2.79. The second-order valence-electron chi connectivity index (χ2n) is 8.43. The van der Waals surface area contributed by atoms with Crippen molar-refractivity contribution in [3.05, 3.63) is 46.9 Å². The van der Waals surface area contributed by atoms with Gasteiger partial charge < -0.3 is 9.47 Å². The summed E-state index contributed by atoms with van der Waals surface area (Å²) in [4.78, 5) is 26.6. The third-order valence-corrected chi connectivity index (χ3v) is 6.35. The van der Waals surface area contributed by atoms with Crippen LogP contribution in [0.2, 0.25) is 0 Å². The maximum atomic E-state index is 12.8. The molecule has 2 aliphatic rings. The van der Waals surface area contributed by atoms with Crippen LogP contribution in [-0.2, 0) is 28.9 Å². The Morgan fingerprint density at radius 3 is 2.81 bits per heavy atom. The molecular formula is C24H32N4O3. The molecule has 0 spiro atoms. The minimum Gasteiger partial charge on any atom is -0.497 e. The summed E-state index contributed by atoms with van der Waals surface area (Å²) in [6, 6.07) is 8.49. The van der Waals surface area contributed by atoms with Crippen molar-refractivity contribution in [1.82, 2.24) is 14.9 Å². The smallest absolute Gasteiger partial charge is 0.228 e. The van der Waals surface area contributed by atoms with E-state index in [1.807, 2.05) is 30.0 Å². The summed E-state index contributed by atoms with van der Waals surface area (Å²) in [5.41, 5.74) is 3.23. The molecule has 166 valence electrons. The fourth-order valence-corrected chi connectivity index (χ4v) is 4.49. The number of rotatable bonds is 7. The van der Waals surface area contributed by atoms with Gasteiger partial charge in [0.25, 0.3) is 0 Å². The molecule has 2 aromatic rings. The van der Waals surface area contributed by atoms with Gasteiger partial charge in [0.15, 0.2) is 0 Å². The molecule has 4 rings (SSSR count). The first-order valence-electron chi connectivity index (χ1n) is 11.1. The minimum atomic E-state index is 0.136. The fraction of sp³-hybridized carbons (Fsp3) is 0.542. The summed E-state index contributed by atoms with van der Waals surface area (Å²) in [6.07, 6.45) is 4.04. The summed E-state index contributed by atoms with van der Waals surface area (Å²) >= 11 is 0. The summed E-state index contributed by atoms with van der Waals surface area (Å²) in [5, 5.41) is 0. The van der Waals surface area contributed by atoms with Gasteiger partial charge in [-0.1, -0.05) is 12.1 Å². The summed E-state index contributed by atoms with van der Waals surface area (Å²) in [6.45, 7) is 4.94. The van der Waals surface area contributed by atoms with Crippen molar-refractivity contribution in [2.75, 3.05) is 38.8 Å². The first-order chi connectivity index (χ1) is 15.0. The van der Waals surface area contributed by atoms with Crippen LogP contribution in [0.4, 0.5) is 5.82 Å². The van der Waals surface area contributed by atoms with E-state index in [-0.39, 0.29) is 5.91 Å². The number of benzene rings is 1. The van der Waals surface area contributed by atoms with Crippen LogP contribution in [0.3, 0.4) is 0 Å². The van der Waals surface area contributed by atoms with Crippen LogP contribution in [0.15, 0.2) is 24.3 Å². The van der Waals surface area contributed by atoms with E-state index in [0.29, 0.717) is 32.0 Å². The van der Waals surface area contributed by atoms with Crippen molar-refractivity contribution in [2.45, 2.75) is 51.6 Å². The van der Waals surface area contributed by atoms with Crippen molar-refractivity contribution >= 4 is 11.7 Å². The zero-order valence-electron chi connectivity index (χ0n) is 18.8. The van der Waals surface area contributed by atoms with Crippen LogP contribution in [0.5, 0.6) is 5.75 Å². The van der Waals surface area contributed by atoms with Gasteiger partial charge >= 0.3 is 0 Å². The molecule has 1 fully saturated rings. The second kappa shape index (κ2) is 9.75. The topological polar surface area (TPSA) is 67.8 Å². The maximum Gasteiger partial charge on any atom is 0.228 e. The first kappa shape index (κ1) is 21.7. The number of methoxy groups -OCH3 is 1.